The number of rotatable bonds is 7. The van der Waals surface area contributed by atoms with Gasteiger partial charge in [-0.1, -0.05) is 56.0 Å². The number of benzene rings is 2. The molecule has 2 aliphatic carbocycles. The Labute approximate surface area is 218 Å². The maximum Gasteiger partial charge on any atom is 0.238 e. The van der Waals surface area contributed by atoms with E-state index in [1.165, 1.54) is 28.0 Å². The van der Waals surface area contributed by atoms with Gasteiger partial charge in [0.15, 0.2) is 4.34 Å². The van der Waals surface area contributed by atoms with Crippen molar-refractivity contribution in [3.05, 3.63) is 59.7 Å². The number of aromatic nitrogens is 1. The van der Waals surface area contributed by atoms with Crippen LogP contribution in [-0.4, -0.2) is 28.5 Å². The lowest BCUT2D eigenvalue weighted by molar-refractivity contribution is -0.123. The minimum absolute atomic E-state index is 0.0569. The van der Waals surface area contributed by atoms with Gasteiger partial charge < -0.3 is 5.32 Å². The molecule has 1 saturated carbocycles. The highest BCUT2D eigenvalue weighted by atomic mass is 32.2. The topological polar surface area (TPSA) is 79.4 Å². The second-order valence-electron chi connectivity index (χ2n) is 9.64. The minimum Gasteiger partial charge on any atom is -0.325 e. The molecule has 3 amide bonds. The number of fused-ring (bicyclic) bond motifs is 6. The molecule has 184 valence electrons. The number of thioether (sulfide) groups is 1. The summed E-state index contributed by atoms with van der Waals surface area (Å²) in [6, 6.07) is 11.7. The van der Waals surface area contributed by atoms with Gasteiger partial charge in [0, 0.05) is 5.69 Å². The number of carbonyl (C=O) groups is 3. The van der Waals surface area contributed by atoms with Crippen LogP contribution in [-0.2, 0) is 27.2 Å². The number of hydrogen-bond acceptors (Lipinski definition) is 6. The molecule has 3 aliphatic rings. The number of allylic oxidation sites excluding steroid dienone is 2. The van der Waals surface area contributed by atoms with Gasteiger partial charge in [-0.15, -0.1) is 11.3 Å². The van der Waals surface area contributed by atoms with E-state index < -0.39 is 0 Å². The first-order chi connectivity index (χ1) is 17.5. The molecule has 6 nitrogen and oxygen atoms in total. The molecule has 8 heteroatoms. The van der Waals surface area contributed by atoms with E-state index in [-0.39, 0.29) is 47.1 Å². The zero-order valence-corrected chi connectivity index (χ0v) is 21.8. The maximum absolute atomic E-state index is 13.2. The van der Waals surface area contributed by atoms with Gasteiger partial charge in [0.25, 0.3) is 0 Å². The van der Waals surface area contributed by atoms with Crippen molar-refractivity contribution < 1.29 is 14.4 Å². The Morgan fingerprint density at radius 3 is 2.36 bits per heavy atom. The van der Waals surface area contributed by atoms with Gasteiger partial charge in [-0.3, -0.25) is 14.4 Å². The van der Waals surface area contributed by atoms with Gasteiger partial charge in [0.05, 0.1) is 33.5 Å². The smallest absolute Gasteiger partial charge is 0.238 e. The highest BCUT2D eigenvalue weighted by Gasteiger charge is 2.59. The summed E-state index contributed by atoms with van der Waals surface area (Å²) in [5, 5.41) is 3.10. The molecule has 2 heterocycles. The molecule has 3 aromatic rings. The van der Waals surface area contributed by atoms with Crippen LogP contribution >= 0.6 is 23.1 Å². The average molecular weight is 518 g/mol. The molecule has 0 radical (unpaired) electrons. The second-order valence-corrected chi connectivity index (χ2v) is 11.9. The summed E-state index contributed by atoms with van der Waals surface area (Å²) in [6.07, 6.45) is 6.86. The molecule has 4 atom stereocenters. The molecule has 1 saturated heterocycles. The van der Waals surface area contributed by atoms with E-state index in [0.717, 1.165) is 50.6 Å². The van der Waals surface area contributed by atoms with Crippen LogP contribution in [0.25, 0.3) is 10.2 Å². The van der Waals surface area contributed by atoms with E-state index >= 15 is 0 Å². The number of thiazole rings is 1. The molecule has 1 N–H and O–H groups in total. The fourth-order valence-corrected chi connectivity index (χ4v) is 7.86. The Morgan fingerprint density at radius 2 is 1.72 bits per heavy atom. The first-order valence-electron chi connectivity index (χ1n) is 12.5. The predicted octanol–water partition coefficient (Wildman–Crippen LogP) is 5.46. The van der Waals surface area contributed by atoms with Crippen molar-refractivity contribution in [3.63, 3.8) is 0 Å². The molecular formula is C28H27N3O3S2. The number of nitrogens with one attached hydrogen (secondary N) is 1. The first-order valence-corrected chi connectivity index (χ1v) is 14.3. The van der Waals surface area contributed by atoms with E-state index in [0.29, 0.717) is 5.69 Å². The van der Waals surface area contributed by atoms with Gasteiger partial charge in [-0.2, -0.15) is 0 Å². The molecule has 2 aromatic carbocycles. The number of imide groups is 1. The number of carbonyl (C=O) groups excluding carboxylic acids is 3. The van der Waals surface area contributed by atoms with Crippen LogP contribution < -0.4 is 10.2 Å². The molecule has 36 heavy (non-hydrogen) atoms. The number of para-hydroxylation sites is 1. The van der Waals surface area contributed by atoms with E-state index in [4.69, 9.17) is 0 Å². The summed E-state index contributed by atoms with van der Waals surface area (Å²) in [5.74, 6) is 0.0302. The molecule has 2 fully saturated rings. The van der Waals surface area contributed by atoms with Crippen molar-refractivity contribution in [3.8, 4) is 0 Å². The maximum atomic E-state index is 13.2. The minimum atomic E-state index is -0.208. The highest BCUT2D eigenvalue weighted by Crippen LogP contribution is 2.53. The van der Waals surface area contributed by atoms with Gasteiger partial charge in [-0.25, -0.2) is 9.88 Å². The normalized spacial score (nSPS) is 24.2. The predicted molar refractivity (Wildman–Crippen MR) is 144 cm³/mol. The van der Waals surface area contributed by atoms with Crippen molar-refractivity contribution in [1.29, 1.82) is 0 Å². The van der Waals surface area contributed by atoms with Crippen molar-refractivity contribution >= 4 is 62.4 Å². The van der Waals surface area contributed by atoms with Crippen LogP contribution in [0.3, 0.4) is 0 Å². The lowest BCUT2D eigenvalue weighted by Crippen LogP contribution is -2.32. The van der Waals surface area contributed by atoms with Crippen molar-refractivity contribution in [2.24, 2.45) is 23.7 Å². The van der Waals surface area contributed by atoms with Crippen LogP contribution in [0.15, 0.2) is 52.9 Å². The van der Waals surface area contributed by atoms with Crippen LogP contribution in [0, 0.1) is 23.7 Å². The van der Waals surface area contributed by atoms with Crippen molar-refractivity contribution in [1.82, 2.24) is 4.98 Å². The monoisotopic (exact) mass is 517 g/mol. The number of amides is 3. The lowest BCUT2D eigenvalue weighted by atomic mass is 9.85. The Morgan fingerprint density at radius 1 is 1.06 bits per heavy atom. The Balaban J connectivity index is 1.16. The standard InChI is InChI=1S/C28H27N3O3S2/c1-3-15-6-5-7-16(4-2)25(15)30-22(32)14-35-28-29-20-11-10-19(13-21(20)36-28)31-26(33)23-17-8-9-18(12-17)24(23)27(31)34/h5-11,13,17-18,23-24H,3-4,12,14H2,1-2H3,(H,30,32)/t17-,18-,23-,24+/m0/s1. The SMILES string of the molecule is CCc1cccc(CC)c1NC(=O)CSc1nc2ccc(N3C(=O)[C@@H]4[C@H](C3=O)[C@H]3C=C[C@H]4C3)cc2s1. The molecule has 1 aromatic heterocycles. The number of hydrogen-bond donors (Lipinski definition) is 1. The molecule has 0 spiro atoms. The Bertz CT molecular complexity index is 1380. The van der Waals surface area contributed by atoms with Gasteiger partial charge in [0.2, 0.25) is 17.7 Å². The summed E-state index contributed by atoms with van der Waals surface area (Å²) < 4.78 is 1.69. The molecule has 0 unspecified atom stereocenters. The summed E-state index contributed by atoms with van der Waals surface area (Å²) in [5.41, 5.74) is 4.62. The second kappa shape index (κ2) is 9.16. The third kappa shape index (κ3) is 3.78. The van der Waals surface area contributed by atoms with Crippen LogP contribution in [0.1, 0.15) is 31.4 Å². The quantitative estimate of drug-likeness (QED) is 0.256. The third-order valence-corrected chi connectivity index (χ3v) is 9.83. The summed E-state index contributed by atoms with van der Waals surface area (Å²) in [7, 11) is 0. The molecule has 2 bridgehead atoms. The van der Waals surface area contributed by atoms with Crippen molar-refractivity contribution in [2.45, 2.75) is 37.4 Å². The fourth-order valence-electron chi connectivity index (χ4n) is 5.96. The highest BCUT2D eigenvalue weighted by molar-refractivity contribution is 8.01. The van der Waals surface area contributed by atoms with Crippen LogP contribution in [0.5, 0.6) is 0 Å². The van der Waals surface area contributed by atoms with Crippen LogP contribution in [0.4, 0.5) is 11.4 Å². The molecular weight excluding hydrogens is 490 g/mol. The zero-order chi connectivity index (χ0) is 25.0. The first kappa shape index (κ1) is 23.4. The summed E-state index contributed by atoms with van der Waals surface area (Å²) >= 11 is 2.88. The third-order valence-electron chi connectivity index (χ3n) is 7.67. The van der Waals surface area contributed by atoms with E-state index in [1.807, 2.05) is 24.3 Å². The molecule has 6 rings (SSSR count). The number of nitrogens with zero attached hydrogens (tertiary/aromatic N) is 2. The van der Waals surface area contributed by atoms with Crippen molar-refractivity contribution in [2.75, 3.05) is 16.0 Å². The van der Waals surface area contributed by atoms with E-state index in [2.05, 4.69) is 48.4 Å². The fraction of sp³-hybridized carbons (Fsp3) is 0.357. The molecule has 1 aliphatic heterocycles. The Hall–Kier alpha value is -2.97. The van der Waals surface area contributed by atoms with E-state index in [1.54, 1.807) is 0 Å². The summed E-state index contributed by atoms with van der Waals surface area (Å²) in [4.78, 5) is 45.1. The van der Waals surface area contributed by atoms with Gasteiger partial charge >= 0.3 is 0 Å². The van der Waals surface area contributed by atoms with Gasteiger partial charge in [0.1, 0.15) is 0 Å². The van der Waals surface area contributed by atoms with Crippen LogP contribution in [0.2, 0.25) is 0 Å². The lowest BCUT2D eigenvalue weighted by Gasteiger charge is -2.17. The van der Waals surface area contributed by atoms with E-state index in [9.17, 15) is 14.4 Å². The largest absolute Gasteiger partial charge is 0.325 e. The number of aryl methyl sites for hydroxylation is 2. The average Bonchev–Trinajstić information content (AvgIpc) is 3.65. The number of anilines is 2. The summed E-state index contributed by atoms with van der Waals surface area (Å²) in [6.45, 7) is 4.18. The zero-order valence-electron chi connectivity index (χ0n) is 20.2. The Kier molecular flexibility index (Phi) is 5.96. The van der Waals surface area contributed by atoms with Gasteiger partial charge in [-0.05, 0) is 60.4 Å².